The molecule has 1 saturated heterocycles. The second kappa shape index (κ2) is 7.93. The Kier molecular flexibility index (Phi) is 5.92. The Morgan fingerprint density at radius 2 is 1.76 bits per heavy atom. The highest BCUT2D eigenvalue weighted by molar-refractivity contribution is 5.93. The van der Waals surface area contributed by atoms with Crippen LogP contribution in [-0.2, 0) is 4.74 Å². The number of carbonyl (C=O) groups is 1. The molecule has 0 spiro atoms. The summed E-state index contributed by atoms with van der Waals surface area (Å²) in [7, 11) is 0. The second-order valence-corrected chi connectivity index (χ2v) is 5.16. The molecule has 0 radical (unpaired) electrons. The molecule has 1 aromatic heterocycles. The van der Waals surface area contributed by atoms with Gasteiger partial charge in [-0.2, -0.15) is 0 Å². The first-order valence-corrected chi connectivity index (χ1v) is 7.70. The van der Waals surface area contributed by atoms with Crippen LogP contribution in [0.25, 0.3) is 0 Å². The third kappa shape index (κ3) is 4.14. The number of aromatic nitrogens is 2. The summed E-state index contributed by atoms with van der Waals surface area (Å²) in [6, 6.07) is 0. The van der Waals surface area contributed by atoms with Crippen LogP contribution in [0.15, 0.2) is 12.4 Å². The number of nitrogens with zero attached hydrogens (tertiary/aromatic N) is 4. The minimum Gasteiger partial charge on any atom is -0.378 e. The predicted octanol–water partition coefficient (Wildman–Crippen LogP) is 1.58. The molecule has 0 N–H and O–H groups in total. The Morgan fingerprint density at radius 1 is 1.19 bits per heavy atom. The van der Waals surface area contributed by atoms with Gasteiger partial charge < -0.3 is 14.5 Å². The molecule has 0 bridgehead atoms. The zero-order valence-corrected chi connectivity index (χ0v) is 12.9. The largest absolute Gasteiger partial charge is 0.378 e. The van der Waals surface area contributed by atoms with Crippen LogP contribution in [0.1, 0.15) is 37.0 Å². The van der Waals surface area contributed by atoms with E-state index < -0.39 is 0 Å². The van der Waals surface area contributed by atoms with E-state index in [0.717, 1.165) is 25.9 Å². The summed E-state index contributed by atoms with van der Waals surface area (Å²) in [6.07, 6.45) is 5.38. The van der Waals surface area contributed by atoms with Crippen molar-refractivity contribution in [2.24, 2.45) is 0 Å². The van der Waals surface area contributed by atoms with E-state index in [2.05, 4.69) is 28.7 Å². The third-order valence-electron chi connectivity index (χ3n) is 3.45. The van der Waals surface area contributed by atoms with E-state index in [1.165, 1.54) is 0 Å². The van der Waals surface area contributed by atoms with E-state index in [1.54, 1.807) is 17.3 Å². The number of morpholine rings is 1. The molecular formula is C15H24N4O2. The van der Waals surface area contributed by atoms with Crippen LogP contribution in [-0.4, -0.2) is 60.2 Å². The Balaban J connectivity index is 2.04. The van der Waals surface area contributed by atoms with Crippen molar-refractivity contribution in [3.63, 3.8) is 0 Å². The van der Waals surface area contributed by atoms with Crippen molar-refractivity contribution in [1.82, 2.24) is 14.9 Å². The van der Waals surface area contributed by atoms with Crippen molar-refractivity contribution >= 4 is 11.9 Å². The smallest absolute Gasteiger partial charge is 0.257 e. The summed E-state index contributed by atoms with van der Waals surface area (Å²) >= 11 is 0. The molecule has 6 heteroatoms. The number of rotatable bonds is 6. The van der Waals surface area contributed by atoms with Gasteiger partial charge in [0.1, 0.15) is 0 Å². The van der Waals surface area contributed by atoms with Crippen LogP contribution >= 0.6 is 0 Å². The maximum atomic E-state index is 12.3. The lowest BCUT2D eigenvalue weighted by atomic mass is 10.2. The summed E-state index contributed by atoms with van der Waals surface area (Å²) < 4.78 is 5.26. The molecule has 0 aliphatic carbocycles. The van der Waals surface area contributed by atoms with E-state index in [0.29, 0.717) is 37.8 Å². The lowest BCUT2D eigenvalue weighted by molar-refractivity contribution is 0.0302. The molecule has 0 atom stereocenters. The van der Waals surface area contributed by atoms with E-state index in [4.69, 9.17) is 4.74 Å². The molecule has 0 aromatic carbocycles. The van der Waals surface area contributed by atoms with E-state index in [9.17, 15) is 4.79 Å². The molecule has 21 heavy (non-hydrogen) atoms. The quantitative estimate of drug-likeness (QED) is 0.796. The first kappa shape index (κ1) is 15.7. The van der Waals surface area contributed by atoms with Gasteiger partial charge >= 0.3 is 0 Å². The van der Waals surface area contributed by atoms with E-state index in [1.807, 2.05) is 0 Å². The molecule has 0 unspecified atom stereocenters. The summed E-state index contributed by atoms with van der Waals surface area (Å²) in [4.78, 5) is 25.0. The maximum Gasteiger partial charge on any atom is 0.257 e. The molecule has 0 saturated carbocycles. The molecule has 2 rings (SSSR count). The fourth-order valence-corrected chi connectivity index (χ4v) is 2.40. The third-order valence-corrected chi connectivity index (χ3v) is 3.45. The van der Waals surface area contributed by atoms with Crippen LogP contribution in [0, 0.1) is 0 Å². The maximum absolute atomic E-state index is 12.3. The highest BCUT2D eigenvalue weighted by Crippen LogP contribution is 2.11. The van der Waals surface area contributed by atoms with E-state index >= 15 is 0 Å². The monoisotopic (exact) mass is 292 g/mol. The van der Waals surface area contributed by atoms with Gasteiger partial charge in [0.25, 0.3) is 5.91 Å². The van der Waals surface area contributed by atoms with Gasteiger partial charge in [-0.15, -0.1) is 0 Å². The first-order valence-electron chi connectivity index (χ1n) is 7.70. The Labute approximate surface area is 126 Å². The molecule has 1 fully saturated rings. The number of hydrogen-bond acceptors (Lipinski definition) is 5. The highest BCUT2D eigenvalue weighted by Gasteiger charge is 2.19. The molecule has 1 aliphatic rings. The molecule has 116 valence electrons. The highest BCUT2D eigenvalue weighted by atomic mass is 16.5. The average molecular weight is 292 g/mol. The number of anilines is 1. The van der Waals surface area contributed by atoms with Gasteiger partial charge in [0.05, 0.1) is 18.8 Å². The van der Waals surface area contributed by atoms with Gasteiger partial charge in [-0.05, 0) is 12.8 Å². The minimum absolute atomic E-state index is 0.0117. The number of hydrogen-bond donors (Lipinski definition) is 0. The molecular weight excluding hydrogens is 268 g/mol. The number of amides is 1. The molecule has 6 nitrogen and oxygen atoms in total. The Hall–Kier alpha value is -1.69. The summed E-state index contributed by atoms with van der Waals surface area (Å²) in [5.74, 6) is 0.694. The molecule has 1 aliphatic heterocycles. The van der Waals surface area contributed by atoms with E-state index in [-0.39, 0.29) is 5.91 Å². The normalized spacial score (nSPS) is 15.0. The van der Waals surface area contributed by atoms with Crippen LogP contribution in [0.4, 0.5) is 5.95 Å². The predicted molar refractivity (Wildman–Crippen MR) is 81.5 cm³/mol. The van der Waals surface area contributed by atoms with Crippen LogP contribution in [0.2, 0.25) is 0 Å². The van der Waals surface area contributed by atoms with Crippen molar-refractivity contribution in [3.8, 4) is 0 Å². The number of carbonyl (C=O) groups excluding carboxylic acids is 1. The Morgan fingerprint density at radius 3 is 2.29 bits per heavy atom. The summed E-state index contributed by atoms with van der Waals surface area (Å²) in [5.41, 5.74) is 0.550. The number of ether oxygens (including phenoxy) is 1. The summed E-state index contributed by atoms with van der Waals surface area (Å²) in [5, 5.41) is 0. The Bertz CT molecular complexity index is 437. The lowest BCUT2D eigenvalue weighted by Gasteiger charge is -2.27. The topological polar surface area (TPSA) is 58.6 Å². The van der Waals surface area contributed by atoms with Crippen LogP contribution in [0.5, 0.6) is 0 Å². The zero-order chi connectivity index (χ0) is 15.1. The molecule has 2 heterocycles. The van der Waals surface area contributed by atoms with Crippen LogP contribution in [0.3, 0.4) is 0 Å². The van der Waals surface area contributed by atoms with Crippen molar-refractivity contribution in [2.45, 2.75) is 26.7 Å². The van der Waals surface area contributed by atoms with Gasteiger partial charge in [0, 0.05) is 38.6 Å². The van der Waals surface area contributed by atoms with Gasteiger partial charge in [0.2, 0.25) is 5.95 Å². The molecule has 1 aromatic rings. The fraction of sp³-hybridized carbons (Fsp3) is 0.667. The van der Waals surface area contributed by atoms with Crippen molar-refractivity contribution in [2.75, 3.05) is 44.3 Å². The molecule has 1 amide bonds. The first-order chi connectivity index (χ1) is 10.3. The van der Waals surface area contributed by atoms with Gasteiger partial charge in [0.15, 0.2) is 0 Å². The second-order valence-electron chi connectivity index (χ2n) is 5.16. The van der Waals surface area contributed by atoms with Crippen molar-refractivity contribution in [1.29, 1.82) is 0 Å². The van der Waals surface area contributed by atoms with Crippen molar-refractivity contribution in [3.05, 3.63) is 18.0 Å². The standard InChI is InChI=1S/C15H24N4O2/c1-3-5-19(6-4-2)15-16-11-13(12-17-15)14(20)18-7-9-21-10-8-18/h11-12H,3-10H2,1-2H3. The summed E-state index contributed by atoms with van der Waals surface area (Å²) in [6.45, 7) is 8.63. The zero-order valence-electron chi connectivity index (χ0n) is 12.9. The SMILES string of the molecule is CCCN(CCC)c1ncc(C(=O)N2CCOCC2)cn1. The minimum atomic E-state index is -0.0117. The van der Waals surface area contributed by atoms with Gasteiger partial charge in [-0.1, -0.05) is 13.8 Å². The van der Waals surface area contributed by atoms with Gasteiger partial charge in [-0.3, -0.25) is 4.79 Å². The average Bonchev–Trinajstić information content (AvgIpc) is 2.55. The fourth-order valence-electron chi connectivity index (χ4n) is 2.40. The van der Waals surface area contributed by atoms with Gasteiger partial charge in [-0.25, -0.2) is 9.97 Å². The van der Waals surface area contributed by atoms with Crippen molar-refractivity contribution < 1.29 is 9.53 Å². The lowest BCUT2D eigenvalue weighted by Crippen LogP contribution is -2.40. The van der Waals surface area contributed by atoms with Crippen LogP contribution < -0.4 is 4.90 Å².